The minimum Gasteiger partial charge on any atom is -0.347 e. The first-order valence-electron chi connectivity index (χ1n) is 8.07. The van der Waals surface area contributed by atoms with E-state index in [2.05, 4.69) is 10.4 Å². The molecule has 0 saturated carbocycles. The molecular weight excluding hydrogens is 304 g/mol. The van der Waals surface area contributed by atoms with Crippen LogP contribution in [0.2, 0.25) is 0 Å². The van der Waals surface area contributed by atoms with Gasteiger partial charge in [-0.3, -0.25) is 14.3 Å². The number of hydrogen-bond acceptors (Lipinski definition) is 3. The first-order chi connectivity index (χ1) is 11.4. The van der Waals surface area contributed by atoms with Crippen molar-refractivity contribution in [1.29, 1.82) is 0 Å². The van der Waals surface area contributed by atoms with Gasteiger partial charge in [0.2, 0.25) is 5.91 Å². The predicted molar refractivity (Wildman–Crippen MR) is 90.8 cm³/mol. The lowest BCUT2D eigenvalue weighted by Crippen LogP contribution is -2.36. The fourth-order valence-electron chi connectivity index (χ4n) is 3.05. The van der Waals surface area contributed by atoms with Gasteiger partial charge in [-0.1, -0.05) is 12.1 Å². The zero-order chi connectivity index (χ0) is 17.3. The van der Waals surface area contributed by atoms with Gasteiger partial charge in [-0.25, -0.2) is 0 Å². The number of amides is 2. The fourth-order valence-corrected chi connectivity index (χ4v) is 3.05. The second-order valence-electron chi connectivity index (χ2n) is 6.43. The molecule has 2 heterocycles. The van der Waals surface area contributed by atoms with Crippen molar-refractivity contribution in [3.05, 3.63) is 52.8 Å². The van der Waals surface area contributed by atoms with Gasteiger partial charge in [0.15, 0.2) is 0 Å². The van der Waals surface area contributed by atoms with E-state index in [0.717, 1.165) is 17.0 Å². The molecule has 6 heteroatoms. The van der Waals surface area contributed by atoms with Crippen molar-refractivity contribution in [3.8, 4) is 0 Å². The number of benzene rings is 1. The van der Waals surface area contributed by atoms with E-state index < -0.39 is 0 Å². The molecule has 0 bridgehead atoms. The maximum absolute atomic E-state index is 12.4. The van der Waals surface area contributed by atoms with E-state index in [0.29, 0.717) is 25.1 Å². The summed E-state index contributed by atoms with van der Waals surface area (Å²) in [4.78, 5) is 25.6. The molecule has 126 valence electrons. The third-order valence-electron chi connectivity index (χ3n) is 4.30. The number of nitrogens with zero attached hydrogens (tertiary/aromatic N) is 3. The average Bonchev–Trinajstić information content (AvgIpc) is 3.01. The van der Waals surface area contributed by atoms with E-state index in [1.165, 1.54) is 0 Å². The molecule has 24 heavy (non-hydrogen) atoms. The lowest BCUT2D eigenvalue weighted by molar-refractivity contribution is -0.126. The molecule has 1 aliphatic rings. The number of aromatic nitrogens is 2. The number of carbonyl (C=O) groups excluding carboxylic acids is 2. The van der Waals surface area contributed by atoms with Crippen molar-refractivity contribution >= 4 is 11.8 Å². The summed E-state index contributed by atoms with van der Waals surface area (Å²) in [6, 6.07) is 9.45. The van der Waals surface area contributed by atoms with E-state index >= 15 is 0 Å². The number of nitrogens with one attached hydrogen (secondary N) is 1. The molecule has 2 amide bonds. The highest BCUT2D eigenvalue weighted by Gasteiger charge is 2.28. The van der Waals surface area contributed by atoms with E-state index in [-0.39, 0.29) is 17.9 Å². The van der Waals surface area contributed by atoms with Crippen LogP contribution in [0.25, 0.3) is 0 Å². The van der Waals surface area contributed by atoms with Crippen LogP contribution in [0.5, 0.6) is 0 Å². The summed E-state index contributed by atoms with van der Waals surface area (Å²) in [6.45, 7) is 5.18. The molecule has 1 N–H and O–H groups in total. The second kappa shape index (κ2) is 6.47. The van der Waals surface area contributed by atoms with Gasteiger partial charge in [0.1, 0.15) is 0 Å². The fraction of sp³-hybridized carbons (Fsp3) is 0.389. The average molecular weight is 326 g/mol. The van der Waals surface area contributed by atoms with E-state index in [1.54, 1.807) is 18.0 Å². The van der Waals surface area contributed by atoms with Crippen LogP contribution >= 0.6 is 0 Å². The Morgan fingerprint density at radius 3 is 2.75 bits per heavy atom. The maximum atomic E-state index is 12.4. The van der Waals surface area contributed by atoms with Gasteiger partial charge in [-0.15, -0.1) is 0 Å². The van der Waals surface area contributed by atoms with Crippen LogP contribution in [0.15, 0.2) is 30.3 Å². The molecule has 0 radical (unpaired) electrons. The van der Waals surface area contributed by atoms with Gasteiger partial charge in [-0.2, -0.15) is 5.10 Å². The minimum atomic E-state index is -0.140. The van der Waals surface area contributed by atoms with Crippen molar-refractivity contribution in [2.24, 2.45) is 0 Å². The van der Waals surface area contributed by atoms with E-state index in [4.69, 9.17) is 0 Å². The number of hydrogen-bond donors (Lipinski definition) is 1. The van der Waals surface area contributed by atoms with Gasteiger partial charge >= 0.3 is 0 Å². The molecule has 6 nitrogen and oxygen atoms in total. The van der Waals surface area contributed by atoms with Gasteiger partial charge in [0.25, 0.3) is 5.91 Å². The van der Waals surface area contributed by atoms with Crippen LogP contribution in [0.1, 0.15) is 33.7 Å². The van der Waals surface area contributed by atoms with Crippen molar-refractivity contribution in [2.75, 3.05) is 13.6 Å². The number of rotatable bonds is 4. The van der Waals surface area contributed by atoms with Crippen LogP contribution in [-0.4, -0.2) is 46.1 Å². The Balaban J connectivity index is 1.69. The molecule has 1 atom stereocenters. The standard InChI is InChI=1S/C18H22N4O2/c1-12-7-13(2)22(20-12)10-14-5-4-6-15(8-14)18(24)19-16-9-17(23)21(3)11-16/h4-8,16H,9-11H2,1-3H3,(H,19,24). The number of aryl methyl sites for hydroxylation is 2. The first kappa shape index (κ1) is 16.2. The van der Waals surface area contributed by atoms with Gasteiger partial charge in [-0.05, 0) is 37.6 Å². The number of likely N-dealkylation sites (N-methyl/N-ethyl adjacent to an activating group) is 1. The molecule has 1 aromatic carbocycles. The summed E-state index contributed by atoms with van der Waals surface area (Å²) in [5.41, 5.74) is 3.70. The Morgan fingerprint density at radius 1 is 1.33 bits per heavy atom. The molecule has 3 rings (SSSR count). The highest BCUT2D eigenvalue weighted by atomic mass is 16.2. The normalized spacial score (nSPS) is 17.4. The SMILES string of the molecule is Cc1cc(C)n(Cc2cccc(C(=O)NC3CC(=O)N(C)C3)c2)n1. The molecule has 1 aliphatic heterocycles. The predicted octanol–water partition coefficient (Wildman–Crippen LogP) is 1.51. The number of carbonyl (C=O) groups is 2. The van der Waals surface area contributed by atoms with Crippen molar-refractivity contribution in [1.82, 2.24) is 20.0 Å². The Kier molecular flexibility index (Phi) is 4.38. The second-order valence-corrected chi connectivity index (χ2v) is 6.43. The van der Waals surface area contributed by atoms with Crippen LogP contribution in [0, 0.1) is 13.8 Å². The Morgan fingerprint density at radius 2 is 2.12 bits per heavy atom. The molecule has 1 unspecified atom stereocenters. The maximum Gasteiger partial charge on any atom is 0.251 e. The zero-order valence-corrected chi connectivity index (χ0v) is 14.2. The molecule has 1 saturated heterocycles. The molecular formula is C18H22N4O2. The van der Waals surface area contributed by atoms with Crippen LogP contribution in [0.4, 0.5) is 0 Å². The van der Waals surface area contributed by atoms with Crippen LogP contribution in [-0.2, 0) is 11.3 Å². The largest absolute Gasteiger partial charge is 0.347 e. The number of likely N-dealkylation sites (tertiary alicyclic amines) is 1. The summed E-state index contributed by atoms with van der Waals surface area (Å²) in [6.07, 6.45) is 0.369. The van der Waals surface area contributed by atoms with Gasteiger partial charge in [0, 0.05) is 31.3 Å². The van der Waals surface area contributed by atoms with Gasteiger partial charge < -0.3 is 10.2 Å². The van der Waals surface area contributed by atoms with Crippen molar-refractivity contribution in [2.45, 2.75) is 32.9 Å². The third kappa shape index (κ3) is 3.48. The van der Waals surface area contributed by atoms with Gasteiger partial charge in [0.05, 0.1) is 18.3 Å². The quantitative estimate of drug-likeness (QED) is 0.926. The highest BCUT2D eigenvalue weighted by Crippen LogP contribution is 2.12. The molecule has 2 aromatic rings. The Labute approximate surface area is 141 Å². The Bertz CT molecular complexity index is 781. The third-order valence-corrected chi connectivity index (χ3v) is 4.30. The molecule has 1 fully saturated rings. The van der Waals surface area contributed by atoms with Crippen LogP contribution < -0.4 is 5.32 Å². The summed E-state index contributed by atoms with van der Waals surface area (Å²) < 4.78 is 1.93. The first-order valence-corrected chi connectivity index (χ1v) is 8.07. The lowest BCUT2D eigenvalue weighted by atomic mass is 10.1. The zero-order valence-electron chi connectivity index (χ0n) is 14.2. The monoisotopic (exact) mass is 326 g/mol. The topological polar surface area (TPSA) is 67.2 Å². The van der Waals surface area contributed by atoms with Crippen molar-refractivity contribution < 1.29 is 9.59 Å². The molecule has 0 spiro atoms. The minimum absolute atomic E-state index is 0.0681. The molecule has 1 aromatic heterocycles. The van der Waals surface area contributed by atoms with E-state index in [9.17, 15) is 9.59 Å². The summed E-state index contributed by atoms with van der Waals surface area (Å²) >= 11 is 0. The summed E-state index contributed by atoms with van der Waals surface area (Å²) in [7, 11) is 1.75. The van der Waals surface area contributed by atoms with E-state index in [1.807, 2.05) is 42.8 Å². The molecule has 0 aliphatic carbocycles. The lowest BCUT2D eigenvalue weighted by Gasteiger charge is -2.13. The van der Waals surface area contributed by atoms with Crippen LogP contribution in [0.3, 0.4) is 0 Å². The Hall–Kier alpha value is -2.63. The highest BCUT2D eigenvalue weighted by molar-refractivity contribution is 5.95. The van der Waals surface area contributed by atoms with Crippen molar-refractivity contribution in [3.63, 3.8) is 0 Å². The summed E-state index contributed by atoms with van der Waals surface area (Å²) in [5.74, 6) is -0.0723. The summed E-state index contributed by atoms with van der Waals surface area (Å²) in [5, 5.41) is 7.39. The smallest absolute Gasteiger partial charge is 0.251 e.